The molecule has 0 bridgehead atoms. The van der Waals surface area contributed by atoms with Crippen LogP contribution >= 0.6 is 0 Å². The van der Waals surface area contributed by atoms with Crippen LogP contribution in [0.15, 0.2) is 12.1 Å². The zero-order chi connectivity index (χ0) is 19.9. The smallest absolute Gasteiger partial charge is 0.227 e. The molecule has 2 fully saturated rings. The van der Waals surface area contributed by atoms with E-state index in [-0.39, 0.29) is 17.6 Å². The molecule has 0 amide bonds. The number of fused-ring (bicyclic) bond motifs is 1. The lowest BCUT2D eigenvalue weighted by Crippen LogP contribution is -2.62. The second-order valence-corrected chi connectivity index (χ2v) is 7.55. The molecular formula is C20H28N4O4. The number of rotatable bonds is 5. The largest absolute Gasteiger partial charge is 0.493 e. The molecule has 152 valence electrons. The minimum atomic E-state index is -0.287. The summed E-state index contributed by atoms with van der Waals surface area (Å²) in [5, 5.41) is 11.1. The first-order valence-electron chi connectivity index (χ1n) is 9.76. The number of methoxy groups -OCH3 is 2. The third-order valence-electron chi connectivity index (χ3n) is 6.31. The van der Waals surface area contributed by atoms with E-state index in [1.807, 2.05) is 13.0 Å². The standard InChI is InChI=1S/C20H28N4O4/c1-4-28-17-11-16(25)20(17)5-7-24(8-6-20)19-22-13-10-15(27-3)14(26-2)9-12(13)18(21)23-19/h9-10,16-17,25H,4-8,11H2,1-3H3,(H2,21,22,23). The summed E-state index contributed by atoms with van der Waals surface area (Å²) in [5.74, 6) is 2.22. The van der Waals surface area contributed by atoms with Crippen molar-refractivity contribution in [3.63, 3.8) is 0 Å². The van der Waals surface area contributed by atoms with Gasteiger partial charge in [0.15, 0.2) is 11.5 Å². The second kappa shape index (κ2) is 7.25. The van der Waals surface area contributed by atoms with E-state index >= 15 is 0 Å². The summed E-state index contributed by atoms with van der Waals surface area (Å²) in [6, 6.07) is 3.62. The molecule has 1 saturated heterocycles. The van der Waals surface area contributed by atoms with Gasteiger partial charge in [-0.1, -0.05) is 0 Å². The molecule has 2 aliphatic rings. The van der Waals surface area contributed by atoms with Crippen LogP contribution in [-0.2, 0) is 4.74 Å². The maximum absolute atomic E-state index is 10.4. The Morgan fingerprint density at radius 2 is 1.86 bits per heavy atom. The molecule has 4 rings (SSSR count). The van der Waals surface area contributed by atoms with Crippen LogP contribution in [0.2, 0.25) is 0 Å². The molecule has 2 aromatic rings. The minimum Gasteiger partial charge on any atom is -0.493 e. The van der Waals surface area contributed by atoms with Crippen molar-refractivity contribution in [1.29, 1.82) is 0 Å². The first-order chi connectivity index (χ1) is 13.5. The molecule has 1 spiro atoms. The van der Waals surface area contributed by atoms with Crippen LogP contribution in [0.1, 0.15) is 26.2 Å². The lowest BCUT2D eigenvalue weighted by atomic mass is 9.58. The zero-order valence-electron chi connectivity index (χ0n) is 16.6. The Kier molecular flexibility index (Phi) is 4.93. The van der Waals surface area contributed by atoms with Crippen LogP contribution in [0.4, 0.5) is 11.8 Å². The Hall–Kier alpha value is -2.32. The molecule has 2 atom stereocenters. The van der Waals surface area contributed by atoms with Gasteiger partial charge in [0.05, 0.1) is 31.9 Å². The summed E-state index contributed by atoms with van der Waals surface area (Å²) in [7, 11) is 3.18. The van der Waals surface area contributed by atoms with E-state index in [2.05, 4.69) is 9.88 Å². The Bertz CT molecular complexity index is 865. The number of ether oxygens (including phenoxy) is 3. The number of hydrogen-bond donors (Lipinski definition) is 2. The molecule has 2 unspecified atom stereocenters. The molecule has 0 radical (unpaired) electrons. The topological polar surface area (TPSA) is 103 Å². The number of piperidine rings is 1. The molecule has 1 aromatic carbocycles. The fourth-order valence-electron chi connectivity index (χ4n) is 4.55. The van der Waals surface area contributed by atoms with Crippen molar-refractivity contribution in [3.05, 3.63) is 12.1 Å². The van der Waals surface area contributed by atoms with E-state index in [0.717, 1.165) is 43.3 Å². The molecule has 1 aliphatic heterocycles. The van der Waals surface area contributed by atoms with Crippen molar-refractivity contribution in [3.8, 4) is 11.5 Å². The van der Waals surface area contributed by atoms with E-state index < -0.39 is 0 Å². The van der Waals surface area contributed by atoms with Crippen molar-refractivity contribution in [1.82, 2.24) is 9.97 Å². The molecule has 3 N–H and O–H groups in total. The van der Waals surface area contributed by atoms with Gasteiger partial charge in [-0.3, -0.25) is 0 Å². The molecule has 28 heavy (non-hydrogen) atoms. The number of anilines is 2. The molecule has 1 aliphatic carbocycles. The van der Waals surface area contributed by atoms with Crippen molar-refractivity contribution in [2.24, 2.45) is 5.41 Å². The first-order valence-corrected chi connectivity index (χ1v) is 9.76. The Morgan fingerprint density at radius 1 is 1.18 bits per heavy atom. The summed E-state index contributed by atoms with van der Waals surface area (Å²) >= 11 is 0. The molecule has 8 nitrogen and oxygen atoms in total. The van der Waals surface area contributed by atoms with Crippen molar-refractivity contribution in [2.75, 3.05) is 44.5 Å². The van der Waals surface area contributed by atoms with Crippen LogP contribution in [0.25, 0.3) is 10.9 Å². The van der Waals surface area contributed by atoms with Gasteiger partial charge >= 0.3 is 0 Å². The number of nitrogens with zero attached hydrogens (tertiary/aromatic N) is 3. The fourth-order valence-corrected chi connectivity index (χ4v) is 4.55. The van der Waals surface area contributed by atoms with Gasteiger partial charge in [0.25, 0.3) is 0 Å². The third-order valence-corrected chi connectivity index (χ3v) is 6.31. The molecule has 2 heterocycles. The number of aromatic nitrogens is 2. The van der Waals surface area contributed by atoms with Crippen LogP contribution in [0.3, 0.4) is 0 Å². The van der Waals surface area contributed by atoms with Gasteiger partial charge in [-0.05, 0) is 25.8 Å². The summed E-state index contributed by atoms with van der Waals surface area (Å²) in [4.78, 5) is 11.4. The SMILES string of the molecule is CCOC1CC(O)C12CCN(c1nc(N)c3cc(OC)c(OC)cc3n1)CC2. The highest BCUT2D eigenvalue weighted by Gasteiger charge is 2.56. The van der Waals surface area contributed by atoms with Crippen LogP contribution in [0.5, 0.6) is 11.5 Å². The Labute approximate surface area is 164 Å². The van der Waals surface area contributed by atoms with Gasteiger partial charge in [0.2, 0.25) is 5.95 Å². The minimum absolute atomic E-state index is 0.133. The predicted octanol–water partition coefficient (Wildman–Crippen LogP) is 1.99. The molecular weight excluding hydrogens is 360 g/mol. The van der Waals surface area contributed by atoms with E-state index in [9.17, 15) is 5.11 Å². The predicted molar refractivity (Wildman–Crippen MR) is 107 cm³/mol. The van der Waals surface area contributed by atoms with E-state index in [4.69, 9.17) is 24.9 Å². The quantitative estimate of drug-likeness (QED) is 0.802. The average Bonchev–Trinajstić information content (AvgIpc) is 2.72. The zero-order valence-corrected chi connectivity index (χ0v) is 16.6. The lowest BCUT2D eigenvalue weighted by Gasteiger charge is -2.56. The summed E-state index contributed by atoms with van der Waals surface area (Å²) in [5.41, 5.74) is 6.80. The number of nitrogens with two attached hydrogens (primary N) is 1. The molecule has 1 aromatic heterocycles. The number of benzene rings is 1. The monoisotopic (exact) mass is 388 g/mol. The molecule has 8 heteroatoms. The van der Waals surface area contributed by atoms with Crippen molar-refractivity contribution in [2.45, 2.75) is 38.4 Å². The highest BCUT2D eigenvalue weighted by Crippen LogP contribution is 2.51. The number of aliphatic hydroxyl groups excluding tert-OH is 1. The van der Waals surface area contributed by atoms with Gasteiger partial charge in [-0.2, -0.15) is 4.98 Å². The van der Waals surface area contributed by atoms with E-state index in [1.54, 1.807) is 20.3 Å². The maximum Gasteiger partial charge on any atom is 0.227 e. The first kappa shape index (κ1) is 19.0. The second-order valence-electron chi connectivity index (χ2n) is 7.55. The van der Waals surface area contributed by atoms with Gasteiger partial charge in [-0.25, -0.2) is 4.98 Å². The highest BCUT2D eigenvalue weighted by molar-refractivity contribution is 5.91. The summed E-state index contributed by atoms with van der Waals surface area (Å²) in [6.07, 6.45) is 2.30. The van der Waals surface area contributed by atoms with Gasteiger partial charge < -0.3 is 30.0 Å². The Morgan fingerprint density at radius 3 is 2.46 bits per heavy atom. The summed E-state index contributed by atoms with van der Waals surface area (Å²) in [6.45, 7) is 4.21. The van der Waals surface area contributed by atoms with Crippen molar-refractivity contribution < 1.29 is 19.3 Å². The van der Waals surface area contributed by atoms with Gasteiger partial charge in [0, 0.05) is 43.0 Å². The number of hydrogen-bond acceptors (Lipinski definition) is 8. The van der Waals surface area contributed by atoms with E-state index in [1.165, 1.54) is 0 Å². The summed E-state index contributed by atoms with van der Waals surface area (Å²) < 4.78 is 16.6. The van der Waals surface area contributed by atoms with Crippen LogP contribution in [-0.4, -0.2) is 61.2 Å². The normalized spacial score (nSPS) is 23.6. The number of nitrogen functional groups attached to an aromatic ring is 1. The van der Waals surface area contributed by atoms with Crippen LogP contribution in [0, 0.1) is 5.41 Å². The van der Waals surface area contributed by atoms with Crippen molar-refractivity contribution >= 4 is 22.7 Å². The van der Waals surface area contributed by atoms with E-state index in [0.29, 0.717) is 29.9 Å². The van der Waals surface area contributed by atoms with Crippen LogP contribution < -0.4 is 20.1 Å². The highest BCUT2D eigenvalue weighted by atomic mass is 16.5. The fraction of sp³-hybridized carbons (Fsp3) is 0.600. The maximum atomic E-state index is 10.4. The molecule has 1 saturated carbocycles. The third kappa shape index (κ3) is 2.91. The van der Waals surface area contributed by atoms with Gasteiger partial charge in [0.1, 0.15) is 5.82 Å². The number of aliphatic hydroxyl groups is 1. The lowest BCUT2D eigenvalue weighted by molar-refractivity contribution is -0.199. The van der Waals surface area contributed by atoms with Gasteiger partial charge in [-0.15, -0.1) is 0 Å². The Balaban J connectivity index is 1.58. The average molecular weight is 388 g/mol.